The average Bonchev–Trinajstić information content (AvgIpc) is 3.23. The number of anilines is 2. The van der Waals surface area contributed by atoms with Crippen LogP contribution >= 0.6 is 0 Å². The number of benzene rings is 2. The fourth-order valence-electron chi connectivity index (χ4n) is 3.52. The number of aromatic nitrogens is 2. The Morgan fingerprint density at radius 3 is 2.45 bits per heavy atom. The second-order valence-corrected chi connectivity index (χ2v) is 7.51. The number of hydrogen-bond donors (Lipinski definition) is 1. The number of rotatable bonds is 6. The third-order valence-corrected chi connectivity index (χ3v) is 5.20. The van der Waals surface area contributed by atoms with E-state index in [1.54, 1.807) is 0 Å². The second kappa shape index (κ2) is 8.90. The van der Waals surface area contributed by atoms with Gasteiger partial charge in [-0.1, -0.05) is 17.7 Å². The van der Waals surface area contributed by atoms with Gasteiger partial charge in [-0.25, -0.2) is 0 Å². The Morgan fingerprint density at radius 2 is 1.72 bits per heavy atom. The number of hydrogen-bond acceptors (Lipinski definition) is 5. The number of nitrogens with one attached hydrogen (secondary N) is 1. The van der Waals surface area contributed by atoms with Gasteiger partial charge < -0.3 is 14.6 Å². The standard InChI is InChI=1S/C23H26N4O2/c1-17-5-7-18(8-6-17)23-26-25-22(29-23)14-13-21(28)24-19-9-11-20(12-10-19)27-15-3-2-4-16-27/h5-12H,2-4,13-16H2,1H3,(H,24,28). The first kappa shape index (κ1) is 19.2. The van der Waals surface area contributed by atoms with Gasteiger partial charge in [-0.05, 0) is 62.6 Å². The first-order valence-corrected chi connectivity index (χ1v) is 10.2. The van der Waals surface area contributed by atoms with Gasteiger partial charge in [0.05, 0.1) is 0 Å². The Morgan fingerprint density at radius 1 is 1.00 bits per heavy atom. The Hall–Kier alpha value is -3.15. The summed E-state index contributed by atoms with van der Waals surface area (Å²) in [6.45, 7) is 4.25. The summed E-state index contributed by atoms with van der Waals surface area (Å²) >= 11 is 0. The maximum atomic E-state index is 12.3. The lowest BCUT2D eigenvalue weighted by Crippen LogP contribution is -2.29. The Balaban J connectivity index is 1.28. The van der Waals surface area contributed by atoms with E-state index in [4.69, 9.17) is 4.42 Å². The predicted molar refractivity (Wildman–Crippen MR) is 114 cm³/mol. The summed E-state index contributed by atoms with van der Waals surface area (Å²) in [7, 11) is 0. The molecule has 6 nitrogen and oxygen atoms in total. The molecular formula is C23H26N4O2. The van der Waals surface area contributed by atoms with Crippen molar-refractivity contribution >= 4 is 17.3 Å². The van der Waals surface area contributed by atoms with Crippen molar-refractivity contribution in [2.24, 2.45) is 0 Å². The largest absolute Gasteiger partial charge is 0.421 e. The average molecular weight is 390 g/mol. The molecule has 2 aromatic carbocycles. The van der Waals surface area contributed by atoms with E-state index in [2.05, 4.69) is 32.5 Å². The van der Waals surface area contributed by atoms with Gasteiger partial charge in [-0.15, -0.1) is 10.2 Å². The van der Waals surface area contributed by atoms with Crippen molar-refractivity contribution in [3.63, 3.8) is 0 Å². The number of carbonyl (C=O) groups is 1. The van der Waals surface area contributed by atoms with Gasteiger partial charge in [0.25, 0.3) is 0 Å². The van der Waals surface area contributed by atoms with Crippen LogP contribution in [0.1, 0.15) is 37.1 Å². The van der Waals surface area contributed by atoms with Gasteiger partial charge in [0.15, 0.2) is 0 Å². The van der Waals surface area contributed by atoms with Gasteiger partial charge in [0, 0.05) is 42.9 Å². The van der Waals surface area contributed by atoms with E-state index in [0.29, 0.717) is 24.6 Å². The van der Waals surface area contributed by atoms with Crippen LogP contribution in [0.25, 0.3) is 11.5 Å². The fraction of sp³-hybridized carbons (Fsp3) is 0.348. The molecular weight excluding hydrogens is 364 g/mol. The molecule has 1 aliphatic heterocycles. The molecule has 0 saturated carbocycles. The van der Waals surface area contributed by atoms with Gasteiger partial charge in [-0.3, -0.25) is 4.79 Å². The van der Waals surface area contributed by atoms with E-state index in [1.165, 1.54) is 30.5 Å². The molecule has 150 valence electrons. The fourth-order valence-corrected chi connectivity index (χ4v) is 3.52. The van der Waals surface area contributed by atoms with E-state index in [0.717, 1.165) is 24.3 Å². The molecule has 1 N–H and O–H groups in total. The van der Waals surface area contributed by atoms with Crippen LogP contribution in [0.2, 0.25) is 0 Å². The Kier molecular flexibility index (Phi) is 5.89. The quantitative estimate of drug-likeness (QED) is 0.666. The summed E-state index contributed by atoms with van der Waals surface area (Å²) in [6.07, 6.45) is 4.52. The third-order valence-electron chi connectivity index (χ3n) is 5.20. The van der Waals surface area contributed by atoms with E-state index < -0.39 is 0 Å². The molecule has 0 aliphatic carbocycles. The van der Waals surface area contributed by atoms with Crippen molar-refractivity contribution in [1.29, 1.82) is 0 Å². The maximum absolute atomic E-state index is 12.3. The monoisotopic (exact) mass is 390 g/mol. The summed E-state index contributed by atoms with van der Waals surface area (Å²) in [4.78, 5) is 14.7. The molecule has 29 heavy (non-hydrogen) atoms. The molecule has 0 spiro atoms. The number of nitrogens with zero attached hydrogens (tertiary/aromatic N) is 3. The highest BCUT2D eigenvalue weighted by atomic mass is 16.4. The van der Waals surface area contributed by atoms with E-state index in [9.17, 15) is 4.79 Å². The summed E-state index contributed by atoms with van der Waals surface area (Å²) in [5, 5.41) is 11.1. The van der Waals surface area contributed by atoms with Crippen molar-refractivity contribution in [3.05, 3.63) is 60.0 Å². The Bertz CT molecular complexity index is 942. The van der Waals surface area contributed by atoms with Crippen LogP contribution in [-0.2, 0) is 11.2 Å². The summed E-state index contributed by atoms with van der Waals surface area (Å²) < 4.78 is 5.69. The molecule has 4 rings (SSSR count). The molecule has 0 bridgehead atoms. The van der Waals surface area contributed by atoms with Crippen molar-refractivity contribution in [2.45, 2.75) is 39.0 Å². The highest BCUT2D eigenvalue weighted by Crippen LogP contribution is 2.22. The molecule has 0 radical (unpaired) electrons. The van der Waals surface area contributed by atoms with Gasteiger partial charge in [-0.2, -0.15) is 0 Å². The molecule has 3 aromatic rings. The minimum atomic E-state index is -0.0641. The predicted octanol–water partition coefficient (Wildman–Crippen LogP) is 4.61. The summed E-state index contributed by atoms with van der Waals surface area (Å²) in [5.74, 6) is 0.885. The molecule has 0 atom stereocenters. The van der Waals surface area contributed by atoms with Crippen LogP contribution in [0.4, 0.5) is 11.4 Å². The zero-order valence-corrected chi connectivity index (χ0v) is 16.7. The van der Waals surface area contributed by atoms with Gasteiger partial charge >= 0.3 is 0 Å². The van der Waals surface area contributed by atoms with Crippen molar-refractivity contribution in [3.8, 4) is 11.5 Å². The van der Waals surface area contributed by atoms with Gasteiger partial charge in [0.2, 0.25) is 17.7 Å². The minimum absolute atomic E-state index is 0.0641. The first-order valence-electron chi connectivity index (χ1n) is 10.2. The van der Waals surface area contributed by atoms with Crippen LogP contribution in [0.15, 0.2) is 52.9 Å². The topological polar surface area (TPSA) is 71.3 Å². The minimum Gasteiger partial charge on any atom is -0.421 e. The molecule has 1 aliphatic rings. The smallest absolute Gasteiger partial charge is 0.247 e. The van der Waals surface area contributed by atoms with Crippen LogP contribution in [0, 0.1) is 6.92 Å². The zero-order valence-electron chi connectivity index (χ0n) is 16.7. The van der Waals surface area contributed by atoms with E-state index in [-0.39, 0.29) is 5.91 Å². The second-order valence-electron chi connectivity index (χ2n) is 7.51. The number of amides is 1. The highest BCUT2D eigenvalue weighted by molar-refractivity contribution is 5.90. The van der Waals surface area contributed by atoms with Gasteiger partial charge in [0.1, 0.15) is 0 Å². The molecule has 1 fully saturated rings. The molecule has 1 saturated heterocycles. The maximum Gasteiger partial charge on any atom is 0.247 e. The molecule has 1 amide bonds. The molecule has 1 aromatic heterocycles. The Labute approximate surface area is 170 Å². The first-order chi connectivity index (χ1) is 14.2. The van der Waals surface area contributed by atoms with Crippen molar-refractivity contribution < 1.29 is 9.21 Å². The molecule has 6 heteroatoms. The van der Waals surface area contributed by atoms with Crippen LogP contribution in [-0.4, -0.2) is 29.2 Å². The summed E-state index contributed by atoms with van der Waals surface area (Å²) in [6, 6.07) is 16.0. The van der Waals surface area contributed by atoms with E-state index >= 15 is 0 Å². The zero-order chi connectivity index (χ0) is 20.1. The number of piperidine rings is 1. The lowest BCUT2D eigenvalue weighted by Gasteiger charge is -2.28. The highest BCUT2D eigenvalue weighted by Gasteiger charge is 2.12. The van der Waals surface area contributed by atoms with Crippen molar-refractivity contribution in [1.82, 2.24) is 10.2 Å². The lowest BCUT2D eigenvalue weighted by atomic mass is 10.1. The molecule has 0 unspecified atom stereocenters. The number of carbonyl (C=O) groups excluding carboxylic acids is 1. The number of aryl methyl sites for hydroxylation is 2. The van der Waals surface area contributed by atoms with Crippen LogP contribution in [0.5, 0.6) is 0 Å². The summed E-state index contributed by atoms with van der Waals surface area (Å²) in [5.41, 5.74) is 4.08. The normalized spacial score (nSPS) is 14.0. The SMILES string of the molecule is Cc1ccc(-c2nnc(CCC(=O)Nc3ccc(N4CCCCC4)cc3)o2)cc1. The lowest BCUT2D eigenvalue weighted by molar-refractivity contribution is -0.116. The van der Waals surface area contributed by atoms with Crippen LogP contribution in [0.3, 0.4) is 0 Å². The van der Waals surface area contributed by atoms with Crippen molar-refractivity contribution in [2.75, 3.05) is 23.3 Å². The van der Waals surface area contributed by atoms with E-state index in [1.807, 2.05) is 43.3 Å². The molecule has 2 heterocycles. The van der Waals surface area contributed by atoms with Crippen LogP contribution < -0.4 is 10.2 Å². The third kappa shape index (κ3) is 5.02.